The maximum absolute atomic E-state index is 12.1. The van der Waals surface area contributed by atoms with Gasteiger partial charge in [0.1, 0.15) is 0 Å². The molecule has 0 atom stereocenters. The van der Waals surface area contributed by atoms with Crippen LogP contribution in [-0.4, -0.2) is 49.8 Å². The fourth-order valence-electron chi connectivity index (χ4n) is 1.49. The number of aryl methyl sites for hydroxylation is 2. The van der Waals surface area contributed by atoms with Gasteiger partial charge in [-0.25, -0.2) is 9.78 Å². The Morgan fingerprint density at radius 2 is 1.90 bits per heavy atom. The minimum atomic E-state index is -0.951. The van der Waals surface area contributed by atoms with Crippen molar-refractivity contribution in [3.63, 3.8) is 0 Å². The van der Waals surface area contributed by atoms with Crippen molar-refractivity contribution >= 4 is 17.9 Å². The van der Waals surface area contributed by atoms with Crippen LogP contribution in [0.2, 0.25) is 0 Å². The van der Waals surface area contributed by atoms with Gasteiger partial charge in [-0.3, -0.25) is 10.1 Å². The van der Waals surface area contributed by atoms with Gasteiger partial charge in [0.2, 0.25) is 0 Å². The first kappa shape index (κ1) is 15.8. The van der Waals surface area contributed by atoms with E-state index in [-0.39, 0.29) is 25.0 Å². The van der Waals surface area contributed by atoms with Crippen molar-refractivity contribution in [3.05, 3.63) is 11.4 Å². The lowest BCUT2D eigenvalue weighted by Crippen LogP contribution is -2.41. The van der Waals surface area contributed by atoms with Crippen LogP contribution in [0.1, 0.15) is 31.7 Å². The highest BCUT2D eigenvalue weighted by atomic mass is 16.4. The predicted molar refractivity (Wildman–Crippen MR) is 72.4 cm³/mol. The molecule has 0 radical (unpaired) electrons. The summed E-state index contributed by atoms with van der Waals surface area (Å²) in [7, 11) is 0. The molecule has 0 bridgehead atoms. The Labute approximate surface area is 117 Å². The highest BCUT2D eigenvalue weighted by molar-refractivity contribution is 5.87. The van der Waals surface area contributed by atoms with Crippen LogP contribution in [0.15, 0.2) is 0 Å². The zero-order chi connectivity index (χ0) is 15.3. The molecule has 0 spiro atoms. The molecule has 0 aromatic carbocycles. The number of aliphatic carboxylic acids is 1. The highest BCUT2D eigenvalue weighted by Crippen LogP contribution is 2.06. The smallest absolute Gasteiger partial charge is 0.324 e. The lowest BCUT2D eigenvalue weighted by molar-refractivity contribution is -0.137. The van der Waals surface area contributed by atoms with Gasteiger partial charge < -0.3 is 10.0 Å². The fourth-order valence-corrected chi connectivity index (χ4v) is 1.49. The maximum Gasteiger partial charge on any atom is 0.324 e. The number of hydrogen-bond acceptors (Lipinski definition) is 5. The van der Waals surface area contributed by atoms with Crippen LogP contribution in [0.4, 0.5) is 10.7 Å². The third-order valence-corrected chi connectivity index (χ3v) is 2.76. The van der Waals surface area contributed by atoms with E-state index in [0.29, 0.717) is 11.4 Å². The first-order valence-electron chi connectivity index (χ1n) is 6.28. The van der Waals surface area contributed by atoms with Gasteiger partial charge >= 0.3 is 12.0 Å². The van der Waals surface area contributed by atoms with Crippen molar-refractivity contribution < 1.29 is 14.7 Å². The Morgan fingerprint density at radius 1 is 1.25 bits per heavy atom. The fraction of sp³-hybridized carbons (Fsp3) is 0.583. The van der Waals surface area contributed by atoms with E-state index in [1.54, 1.807) is 27.7 Å². The van der Waals surface area contributed by atoms with E-state index in [0.717, 1.165) is 0 Å². The Balaban J connectivity index is 2.74. The third kappa shape index (κ3) is 4.45. The maximum atomic E-state index is 12.1. The van der Waals surface area contributed by atoms with E-state index >= 15 is 0 Å². The van der Waals surface area contributed by atoms with Crippen LogP contribution < -0.4 is 5.32 Å². The molecule has 20 heavy (non-hydrogen) atoms. The van der Waals surface area contributed by atoms with Gasteiger partial charge in [0.05, 0.1) is 17.8 Å². The number of aromatic nitrogens is 3. The molecule has 8 nitrogen and oxygen atoms in total. The summed E-state index contributed by atoms with van der Waals surface area (Å²) in [6, 6.07) is -0.569. The molecule has 0 saturated heterocycles. The van der Waals surface area contributed by atoms with Gasteiger partial charge in [0.15, 0.2) is 0 Å². The second kappa shape index (κ2) is 6.78. The van der Waals surface area contributed by atoms with E-state index in [1.807, 2.05) is 0 Å². The van der Waals surface area contributed by atoms with Gasteiger partial charge in [0.25, 0.3) is 5.95 Å². The molecule has 8 heteroatoms. The zero-order valence-corrected chi connectivity index (χ0v) is 12.0. The monoisotopic (exact) mass is 281 g/mol. The lowest BCUT2D eigenvalue weighted by Gasteiger charge is -2.25. The number of carboxylic acids is 1. The normalized spacial score (nSPS) is 10.4. The number of carbonyl (C=O) groups is 2. The number of rotatable bonds is 5. The van der Waals surface area contributed by atoms with Crippen molar-refractivity contribution in [2.75, 3.05) is 11.9 Å². The van der Waals surface area contributed by atoms with Crippen LogP contribution in [-0.2, 0) is 4.79 Å². The van der Waals surface area contributed by atoms with Crippen molar-refractivity contribution in [2.24, 2.45) is 0 Å². The molecule has 0 aliphatic heterocycles. The molecular weight excluding hydrogens is 262 g/mol. The molecule has 0 unspecified atom stereocenters. The number of nitrogens with one attached hydrogen (secondary N) is 1. The second-order valence-electron chi connectivity index (χ2n) is 4.67. The van der Waals surface area contributed by atoms with E-state index in [2.05, 4.69) is 20.5 Å². The summed E-state index contributed by atoms with van der Waals surface area (Å²) >= 11 is 0. The van der Waals surface area contributed by atoms with Gasteiger partial charge in [-0.05, 0) is 27.7 Å². The molecule has 2 amide bonds. The summed E-state index contributed by atoms with van der Waals surface area (Å²) in [5.41, 5.74) is 1.37. The number of nitrogens with zero attached hydrogens (tertiary/aromatic N) is 4. The van der Waals surface area contributed by atoms with Crippen LogP contribution in [0.5, 0.6) is 0 Å². The van der Waals surface area contributed by atoms with Crippen molar-refractivity contribution in [2.45, 2.75) is 40.2 Å². The van der Waals surface area contributed by atoms with Crippen LogP contribution in [0, 0.1) is 13.8 Å². The summed E-state index contributed by atoms with van der Waals surface area (Å²) in [6.07, 6.45) is -0.113. The SMILES string of the molecule is Cc1nnc(NC(=O)N(CCC(=O)O)C(C)C)nc1C. The number of amides is 2. The molecule has 0 fully saturated rings. The summed E-state index contributed by atoms with van der Waals surface area (Å²) in [6.45, 7) is 7.28. The molecular formula is C12H19N5O3. The standard InChI is InChI=1S/C12H19N5O3/c1-7(2)17(6-5-10(18)19)12(20)14-11-13-8(3)9(4)15-16-11/h7H,5-6H2,1-4H3,(H,18,19)(H,13,14,16,20). The molecule has 2 N–H and O–H groups in total. The van der Waals surface area contributed by atoms with Crippen LogP contribution in [0.3, 0.4) is 0 Å². The quantitative estimate of drug-likeness (QED) is 0.839. The van der Waals surface area contributed by atoms with Crippen molar-refractivity contribution in [1.29, 1.82) is 0 Å². The lowest BCUT2D eigenvalue weighted by atomic mass is 10.3. The highest BCUT2D eigenvalue weighted by Gasteiger charge is 2.19. The number of anilines is 1. The first-order valence-corrected chi connectivity index (χ1v) is 6.28. The zero-order valence-electron chi connectivity index (χ0n) is 12.0. The van der Waals surface area contributed by atoms with Crippen molar-refractivity contribution in [1.82, 2.24) is 20.1 Å². The largest absolute Gasteiger partial charge is 0.481 e. The van der Waals surface area contributed by atoms with Gasteiger partial charge in [-0.1, -0.05) is 0 Å². The number of carbonyl (C=O) groups excluding carboxylic acids is 1. The summed E-state index contributed by atoms with van der Waals surface area (Å²) < 4.78 is 0. The topological polar surface area (TPSA) is 108 Å². The summed E-state index contributed by atoms with van der Waals surface area (Å²) in [4.78, 5) is 28.2. The number of urea groups is 1. The number of carboxylic acid groups (broad SMARTS) is 1. The van der Waals surface area contributed by atoms with E-state index in [1.165, 1.54) is 4.90 Å². The minimum absolute atomic E-state index is 0.110. The minimum Gasteiger partial charge on any atom is -0.481 e. The third-order valence-electron chi connectivity index (χ3n) is 2.76. The molecule has 1 heterocycles. The van der Waals surface area contributed by atoms with Crippen LogP contribution >= 0.6 is 0 Å². The van der Waals surface area contributed by atoms with Crippen LogP contribution in [0.25, 0.3) is 0 Å². The molecule has 110 valence electrons. The summed E-state index contributed by atoms with van der Waals surface area (Å²) in [5, 5.41) is 18.9. The van der Waals surface area contributed by atoms with Gasteiger partial charge in [0, 0.05) is 12.6 Å². The van der Waals surface area contributed by atoms with E-state index in [4.69, 9.17) is 5.11 Å². The predicted octanol–water partition coefficient (Wildman–Crippen LogP) is 1.21. The van der Waals surface area contributed by atoms with E-state index in [9.17, 15) is 9.59 Å². The molecule has 0 aliphatic carbocycles. The van der Waals surface area contributed by atoms with Crippen molar-refractivity contribution in [3.8, 4) is 0 Å². The second-order valence-corrected chi connectivity index (χ2v) is 4.67. The van der Waals surface area contributed by atoms with Gasteiger partial charge in [-0.15, -0.1) is 5.10 Å². The average Bonchev–Trinajstić information content (AvgIpc) is 2.33. The molecule has 0 aliphatic rings. The Morgan fingerprint density at radius 3 is 2.40 bits per heavy atom. The summed E-state index contributed by atoms with van der Waals surface area (Å²) in [5.74, 6) is -0.841. The first-order chi connectivity index (χ1) is 9.31. The van der Waals surface area contributed by atoms with E-state index < -0.39 is 12.0 Å². The molecule has 1 rings (SSSR count). The Bertz CT molecular complexity index is 504. The Hall–Kier alpha value is -2.25. The molecule has 0 saturated carbocycles. The molecule has 1 aromatic rings. The Kier molecular flexibility index (Phi) is 5.36. The van der Waals surface area contributed by atoms with Gasteiger partial charge in [-0.2, -0.15) is 5.10 Å². The average molecular weight is 281 g/mol. The number of hydrogen-bond donors (Lipinski definition) is 2. The molecule has 1 aromatic heterocycles.